The molecule has 0 atom stereocenters. The van der Waals surface area contributed by atoms with Crippen molar-refractivity contribution in [3.05, 3.63) is 42.0 Å². The number of aromatic nitrogens is 1. The van der Waals surface area contributed by atoms with E-state index in [2.05, 4.69) is 15.6 Å². The summed E-state index contributed by atoms with van der Waals surface area (Å²) < 4.78 is 27.0. The lowest BCUT2D eigenvalue weighted by Gasteiger charge is -2.12. The number of benzene rings is 1. The molecule has 0 aliphatic carbocycles. The molecule has 1 aromatic heterocycles. The van der Waals surface area contributed by atoms with Crippen molar-refractivity contribution in [2.45, 2.75) is 4.90 Å². The van der Waals surface area contributed by atoms with Gasteiger partial charge in [-0.05, 0) is 18.4 Å². The molecule has 2 rings (SSSR count). The smallest absolute Gasteiger partial charge is 0.169 e. The molecule has 100 valence electrons. The van der Waals surface area contributed by atoms with E-state index in [-0.39, 0.29) is 11.6 Å². The third kappa shape index (κ3) is 2.96. The van der Waals surface area contributed by atoms with Gasteiger partial charge in [-0.25, -0.2) is 13.8 Å². The Balaban J connectivity index is 2.38. The summed E-state index contributed by atoms with van der Waals surface area (Å²) in [6, 6.07) is 8.26. The van der Waals surface area contributed by atoms with E-state index in [1.165, 1.54) is 18.8 Å². The molecule has 0 unspecified atom stereocenters. The highest BCUT2D eigenvalue weighted by molar-refractivity contribution is 7.98. The van der Waals surface area contributed by atoms with E-state index in [1.54, 1.807) is 0 Å². The Morgan fingerprint density at radius 3 is 2.47 bits per heavy atom. The Labute approximate surface area is 114 Å². The second-order valence-electron chi connectivity index (χ2n) is 3.72. The van der Waals surface area contributed by atoms with Crippen LogP contribution in [0.4, 0.5) is 26.1 Å². The fraction of sp³-hybridized carbons (Fsp3) is 0.154. The molecule has 0 radical (unpaired) electrons. The average molecular weight is 281 g/mol. The van der Waals surface area contributed by atoms with E-state index < -0.39 is 11.6 Å². The van der Waals surface area contributed by atoms with Crippen molar-refractivity contribution >= 4 is 29.1 Å². The second-order valence-corrected chi connectivity index (χ2v) is 4.57. The van der Waals surface area contributed by atoms with Crippen molar-refractivity contribution in [3.63, 3.8) is 0 Å². The summed E-state index contributed by atoms with van der Waals surface area (Å²) in [5.41, 5.74) is 0.732. The van der Waals surface area contributed by atoms with Crippen LogP contribution >= 0.6 is 11.8 Å². The van der Waals surface area contributed by atoms with E-state index in [0.717, 1.165) is 16.6 Å². The summed E-state index contributed by atoms with van der Waals surface area (Å²) in [7, 11) is 1.53. The molecule has 0 spiro atoms. The van der Waals surface area contributed by atoms with E-state index in [4.69, 9.17) is 0 Å². The normalized spacial score (nSPS) is 10.3. The summed E-state index contributed by atoms with van der Waals surface area (Å²) in [6.07, 6.45) is 1.92. The fourth-order valence-corrected chi connectivity index (χ4v) is 2.16. The zero-order valence-corrected chi connectivity index (χ0v) is 11.3. The van der Waals surface area contributed by atoms with E-state index in [0.29, 0.717) is 0 Å². The molecule has 19 heavy (non-hydrogen) atoms. The molecule has 0 aliphatic rings. The Hall–Kier alpha value is -1.82. The van der Waals surface area contributed by atoms with Crippen LogP contribution in [0.25, 0.3) is 0 Å². The van der Waals surface area contributed by atoms with Crippen molar-refractivity contribution in [3.8, 4) is 0 Å². The van der Waals surface area contributed by atoms with Crippen LogP contribution in [0.1, 0.15) is 0 Å². The SMILES string of the molecule is CNc1nc(Nc2ccccc2SC)c(F)cc1F. The molecule has 1 aromatic carbocycles. The minimum Gasteiger partial charge on any atom is -0.371 e. The summed E-state index contributed by atoms with van der Waals surface area (Å²) in [4.78, 5) is 4.84. The van der Waals surface area contributed by atoms with Crippen molar-refractivity contribution in [1.82, 2.24) is 4.98 Å². The lowest BCUT2D eigenvalue weighted by molar-refractivity contribution is 0.580. The predicted octanol–water partition coefficient (Wildman–Crippen LogP) is 3.87. The Bertz CT molecular complexity index is 590. The number of para-hydroxylation sites is 1. The number of nitrogens with one attached hydrogen (secondary N) is 2. The second kappa shape index (κ2) is 5.88. The van der Waals surface area contributed by atoms with Gasteiger partial charge in [0.25, 0.3) is 0 Å². The van der Waals surface area contributed by atoms with Crippen LogP contribution in [0, 0.1) is 11.6 Å². The van der Waals surface area contributed by atoms with Gasteiger partial charge >= 0.3 is 0 Å². The van der Waals surface area contributed by atoms with Crippen LogP contribution in [0.2, 0.25) is 0 Å². The molecule has 0 fully saturated rings. The molecular formula is C13H13F2N3S. The van der Waals surface area contributed by atoms with Gasteiger partial charge in [0.05, 0.1) is 5.69 Å². The Morgan fingerprint density at radius 1 is 1.11 bits per heavy atom. The number of halogens is 2. The first-order valence-corrected chi connectivity index (χ1v) is 6.82. The highest BCUT2D eigenvalue weighted by Gasteiger charge is 2.12. The summed E-state index contributed by atoms with van der Waals surface area (Å²) in [6.45, 7) is 0. The molecule has 1 heterocycles. The minimum absolute atomic E-state index is 0.00512. The van der Waals surface area contributed by atoms with Crippen LogP contribution in [0.15, 0.2) is 35.2 Å². The summed E-state index contributed by atoms with van der Waals surface area (Å²) in [5.74, 6) is -1.45. The number of rotatable bonds is 4. The minimum atomic E-state index is -0.729. The summed E-state index contributed by atoms with van der Waals surface area (Å²) in [5, 5.41) is 5.46. The number of pyridine rings is 1. The quantitative estimate of drug-likeness (QED) is 0.834. The first-order chi connectivity index (χ1) is 9.15. The molecule has 2 N–H and O–H groups in total. The van der Waals surface area contributed by atoms with Gasteiger partial charge in [-0.15, -0.1) is 11.8 Å². The molecule has 2 aromatic rings. The van der Waals surface area contributed by atoms with Gasteiger partial charge in [0.2, 0.25) is 0 Å². The van der Waals surface area contributed by atoms with Crippen molar-refractivity contribution in [2.24, 2.45) is 0 Å². The molecule has 0 saturated carbocycles. The Morgan fingerprint density at radius 2 is 1.79 bits per heavy atom. The molecule has 0 aliphatic heterocycles. The van der Waals surface area contributed by atoms with Gasteiger partial charge in [-0.2, -0.15) is 0 Å². The van der Waals surface area contributed by atoms with Crippen molar-refractivity contribution in [2.75, 3.05) is 23.9 Å². The number of hydrogen-bond donors (Lipinski definition) is 2. The van der Waals surface area contributed by atoms with Gasteiger partial charge in [0.15, 0.2) is 23.3 Å². The first kappa shape index (κ1) is 13.6. The van der Waals surface area contributed by atoms with Crippen LogP contribution in [-0.4, -0.2) is 18.3 Å². The number of hydrogen-bond acceptors (Lipinski definition) is 4. The molecule has 0 saturated heterocycles. The highest BCUT2D eigenvalue weighted by atomic mass is 32.2. The van der Waals surface area contributed by atoms with Gasteiger partial charge in [0, 0.05) is 18.0 Å². The summed E-state index contributed by atoms with van der Waals surface area (Å²) >= 11 is 1.53. The van der Waals surface area contributed by atoms with E-state index >= 15 is 0 Å². The van der Waals surface area contributed by atoms with Crippen LogP contribution in [0.5, 0.6) is 0 Å². The highest BCUT2D eigenvalue weighted by Crippen LogP contribution is 2.29. The molecule has 6 heteroatoms. The van der Waals surface area contributed by atoms with Crippen LogP contribution in [-0.2, 0) is 0 Å². The van der Waals surface area contributed by atoms with E-state index in [9.17, 15) is 8.78 Å². The molecule has 0 amide bonds. The lowest BCUT2D eigenvalue weighted by atomic mass is 10.3. The topological polar surface area (TPSA) is 37.0 Å². The standard InChI is InChI=1S/C13H13F2N3S/c1-16-12-8(14)7-9(15)13(18-12)17-10-5-3-4-6-11(10)19-2/h3-7H,1-2H3,(H2,16,17,18). The molecular weight excluding hydrogens is 268 g/mol. The monoisotopic (exact) mass is 281 g/mol. The lowest BCUT2D eigenvalue weighted by Crippen LogP contribution is -2.04. The number of thioether (sulfide) groups is 1. The van der Waals surface area contributed by atoms with Gasteiger partial charge in [-0.1, -0.05) is 12.1 Å². The number of anilines is 3. The Kier molecular flexibility index (Phi) is 4.21. The van der Waals surface area contributed by atoms with Crippen molar-refractivity contribution in [1.29, 1.82) is 0 Å². The zero-order chi connectivity index (χ0) is 13.8. The third-order valence-corrected chi connectivity index (χ3v) is 3.32. The van der Waals surface area contributed by atoms with Crippen LogP contribution in [0.3, 0.4) is 0 Å². The first-order valence-electron chi connectivity index (χ1n) is 5.59. The van der Waals surface area contributed by atoms with E-state index in [1.807, 2.05) is 30.5 Å². The van der Waals surface area contributed by atoms with Gasteiger partial charge in [0.1, 0.15) is 0 Å². The maximum atomic E-state index is 13.7. The zero-order valence-electron chi connectivity index (χ0n) is 10.5. The van der Waals surface area contributed by atoms with Crippen LogP contribution < -0.4 is 10.6 Å². The number of nitrogens with zero attached hydrogens (tertiary/aromatic N) is 1. The maximum absolute atomic E-state index is 13.7. The fourth-order valence-electron chi connectivity index (χ4n) is 1.61. The molecule has 3 nitrogen and oxygen atoms in total. The van der Waals surface area contributed by atoms with Crippen molar-refractivity contribution < 1.29 is 8.78 Å². The maximum Gasteiger partial charge on any atom is 0.169 e. The van der Waals surface area contributed by atoms with Gasteiger partial charge < -0.3 is 10.6 Å². The largest absolute Gasteiger partial charge is 0.371 e. The third-order valence-electron chi connectivity index (χ3n) is 2.53. The van der Waals surface area contributed by atoms with Gasteiger partial charge in [-0.3, -0.25) is 0 Å². The average Bonchev–Trinajstić information content (AvgIpc) is 2.42. The predicted molar refractivity (Wildman–Crippen MR) is 75.2 cm³/mol. The molecule has 0 bridgehead atoms.